The molecule has 0 aromatic carbocycles. The molecule has 1 saturated heterocycles. The van der Waals surface area contributed by atoms with Gasteiger partial charge >= 0.3 is 0 Å². The van der Waals surface area contributed by atoms with Gasteiger partial charge in [-0.3, -0.25) is 0 Å². The van der Waals surface area contributed by atoms with E-state index in [-0.39, 0.29) is 6.04 Å². The largest absolute Gasteiger partial charge is 0.378 e. The van der Waals surface area contributed by atoms with Crippen molar-refractivity contribution in [2.75, 3.05) is 13.2 Å². The molecule has 0 bridgehead atoms. The maximum atomic E-state index is 5.68. The summed E-state index contributed by atoms with van der Waals surface area (Å²) in [6.45, 7) is 1.89. The normalized spacial score (nSPS) is 20.4. The number of ether oxygens (including phenoxy) is 1. The molecule has 2 aromatic rings. The van der Waals surface area contributed by atoms with Gasteiger partial charge in [-0.2, -0.15) is 0 Å². The monoisotopic (exact) mass is 291 g/mol. The summed E-state index contributed by atoms with van der Waals surface area (Å²) in [5, 5.41) is 5.76. The second kappa shape index (κ2) is 6.52. The zero-order valence-electron chi connectivity index (χ0n) is 11.8. The van der Waals surface area contributed by atoms with Crippen LogP contribution in [0.1, 0.15) is 36.0 Å². The zero-order chi connectivity index (χ0) is 13.8. The van der Waals surface area contributed by atoms with E-state index in [1.165, 1.54) is 17.7 Å². The van der Waals surface area contributed by atoms with Crippen molar-refractivity contribution < 1.29 is 4.74 Å². The van der Waals surface area contributed by atoms with E-state index >= 15 is 0 Å². The van der Waals surface area contributed by atoms with Gasteiger partial charge in [0.2, 0.25) is 0 Å². The van der Waals surface area contributed by atoms with Crippen molar-refractivity contribution in [3.05, 3.63) is 40.6 Å². The first kappa shape index (κ1) is 13.8. The third kappa shape index (κ3) is 3.11. The molecule has 5 heteroatoms. The first-order valence-corrected chi connectivity index (χ1v) is 8.08. The van der Waals surface area contributed by atoms with E-state index in [2.05, 4.69) is 32.4 Å². The van der Waals surface area contributed by atoms with Crippen molar-refractivity contribution in [1.29, 1.82) is 0 Å². The Hall–Kier alpha value is -1.17. The Balaban J connectivity index is 1.65. The van der Waals surface area contributed by atoms with Gasteiger partial charge in [-0.25, -0.2) is 4.98 Å². The Bertz CT molecular complexity index is 517. The Morgan fingerprint density at radius 2 is 2.55 bits per heavy atom. The fraction of sp³-hybridized carbons (Fsp3) is 0.533. The molecule has 1 aliphatic heterocycles. The Morgan fingerprint density at radius 3 is 3.20 bits per heavy atom. The molecule has 0 aliphatic carbocycles. The molecule has 1 fully saturated rings. The van der Waals surface area contributed by atoms with Crippen molar-refractivity contribution in [2.45, 2.75) is 31.4 Å². The van der Waals surface area contributed by atoms with E-state index in [1.54, 1.807) is 11.3 Å². The predicted molar refractivity (Wildman–Crippen MR) is 81.0 cm³/mol. The van der Waals surface area contributed by atoms with E-state index in [0.29, 0.717) is 6.10 Å². The minimum atomic E-state index is 0.177. The highest BCUT2D eigenvalue weighted by molar-refractivity contribution is 7.10. The van der Waals surface area contributed by atoms with Crippen LogP contribution in [0.4, 0.5) is 0 Å². The number of nitrogens with zero attached hydrogens (tertiary/aromatic N) is 2. The van der Waals surface area contributed by atoms with Gasteiger partial charge in [-0.15, -0.1) is 11.3 Å². The van der Waals surface area contributed by atoms with Crippen molar-refractivity contribution in [3.63, 3.8) is 0 Å². The molecule has 3 heterocycles. The molecule has 2 aromatic heterocycles. The van der Waals surface area contributed by atoms with Gasteiger partial charge in [0.15, 0.2) is 0 Å². The molecule has 1 N–H and O–H groups in total. The number of hydrogen-bond donors (Lipinski definition) is 1. The van der Waals surface area contributed by atoms with Crippen LogP contribution >= 0.6 is 11.3 Å². The molecule has 0 saturated carbocycles. The van der Waals surface area contributed by atoms with Crippen molar-refractivity contribution in [1.82, 2.24) is 14.9 Å². The lowest BCUT2D eigenvalue weighted by Crippen LogP contribution is -2.27. The second-order valence-electron chi connectivity index (χ2n) is 5.22. The smallest absolute Gasteiger partial charge is 0.131 e. The van der Waals surface area contributed by atoms with Gasteiger partial charge in [0.1, 0.15) is 11.9 Å². The van der Waals surface area contributed by atoms with Crippen LogP contribution in [0, 0.1) is 0 Å². The molecule has 0 spiro atoms. The molecule has 2 unspecified atom stereocenters. The quantitative estimate of drug-likeness (QED) is 0.889. The average Bonchev–Trinajstić information content (AvgIpc) is 3.18. The summed E-state index contributed by atoms with van der Waals surface area (Å²) in [5.74, 6) is 1.07. The maximum absolute atomic E-state index is 5.68. The summed E-state index contributed by atoms with van der Waals surface area (Å²) in [6, 6.07) is 4.44. The molecular formula is C15H21N3OS. The van der Waals surface area contributed by atoms with Gasteiger partial charge < -0.3 is 14.6 Å². The van der Waals surface area contributed by atoms with Gasteiger partial charge in [-0.1, -0.05) is 6.07 Å². The predicted octanol–water partition coefficient (Wildman–Crippen LogP) is 2.73. The minimum absolute atomic E-state index is 0.177. The number of aryl methyl sites for hydroxylation is 1. The Morgan fingerprint density at radius 1 is 1.60 bits per heavy atom. The van der Waals surface area contributed by atoms with Crippen LogP contribution < -0.4 is 5.32 Å². The molecule has 20 heavy (non-hydrogen) atoms. The van der Waals surface area contributed by atoms with E-state index < -0.39 is 0 Å². The summed E-state index contributed by atoms with van der Waals surface area (Å²) in [4.78, 5) is 5.81. The number of hydrogen-bond acceptors (Lipinski definition) is 4. The summed E-state index contributed by atoms with van der Waals surface area (Å²) in [7, 11) is 2.05. The molecule has 1 aliphatic rings. The van der Waals surface area contributed by atoms with Crippen molar-refractivity contribution in [3.8, 4) is 0 Å². The maximum Gasteiger partial charge on any atom is 0.131 e. The molecular weight excluding hydrogens is 270 g/mol. The van der Waals surface area contributed by atoms with Gasteiger partial charge in [0, 0.05) is 30.9 Å². The first-order valence-electron chi connectivity index (χ1n) is 7.20. The molecule has 4 nitrogen and oxygen atoms in total. The van der Waals surface area contributed by atoms with E-state index in [0.717, 1.165) is 25.4 Å². The SMILES string of the molecule is Cn1ccnc1C(NCCC1CCCO1)c1cccs1. The van der Waals surface area contributed by atoms with Crippen LogP contribution in [0.3, 0.4) is 0 Å². The Kier molecular flexibility index (Phi) is 4.50. The second-order valence-corrected chi connectivity index (χ2v) is 6.20. The summed E-state index contributed by atoms with van der Waals surface area (Å²) in [5.41, 5.74) is 0. The van der Waals surface area contributed by atoms with Crippen LogP contribution in [0.25, 0.3) is 0 Å². The summed E-state index contributed by atoms with van der Waals surface area (Å²) >= 11 is 1.77. The molecule has 3 rings (SSSR count). The molecule has 0 amide bonds. The van der Waals surface area contributed by atoms with E-state index in [4.69, 9.17) is 4.74 Å². The van der Waals surface area contributed by atoms with Crippen LogP contribution in [0.5, 0.6) is 0 Å². The highest BCUT2D eigenvalue weighted by atomic mass is 32.1. The third-order valence-corrected chi connectivity index (χ3v) is 4.72. The standard InChI is InChI=1S/C15H21N3OS/c1-18-9-8-17-15(18)14(13-5-3-11-20-13)16-7-6-12-4-2-10-19-12/h3,5,8-9,11-12,14,16H,2,4,6-7,10H2,1H3. The topological polar surface area (TPSA) is 39.1 Å². The number of thiophene rings is 1. The molecule has 0 radical (unpaired) electrons. The van der Waals surface area contributed by atoms with E-state index in [1.807, 2.05) is 19.4 Å². The number of aromatic nitrogens is 2. The van der Waals surface area contributed by atoms with Crippen LogP contribution in [0.15, 0.2) is 29.9 Å². The minimum Gasteiger partial charge on any atom is -0.378 e. The van der Waals surface area contributed by atoms with Crippen molar-refractivity contribution >= 4 is 11.3 Å². The number of nitrogens with one attached hydrogen (secondary N) is 1. The summed E-state index contributed by atoms with van der Waals surface area (Å²) < 4.78 is 7.77. The van der Waals surface area contributed by atoms with Crippen LogP contribution in [0.2, 0.25) is 0 Å². The van der Waals surface area contributed by atoms with Crippen LogP contribution in [-0.4, -0.2) is 28.8 Å². The van der Waals surface area contributed by atoms with Gasteiger partial charge in [-0.05, 0) is 37.3 Å². The highest BCUT2D eigenvalue weighted by Crippen LogP contribution is 2.25. The molecule has 2 atom stereocenters. The third-order valence-electron chi connectivity index (χ3n) is 3.78. The van der Waals surface area contributed by atoms with Gasteiger partial charge in [0.25, 0.3) is 0 Å². The fourth-order valence-electron chi connectivity index (χ4n) is 2.69. The lowest BCUT2D eigenvalue weighted by atomic mass is 10.1. The van der Waals surface area contributed by atoms with Crippen molar-refractivity contribution in [2.24, 2.45) is 7.05 Å². The van der Waals surface area contributed by atoms with Crippen LogP contribution in [-0.2, 0) is 11.8 Å². The molecule has 108 valence electrons. The zero-order valence-corrected chi connectivity index (χ0v) is 12.6. The number of rotatable bonds is 6. The van der Waals surface area contributed by atoms with Gasteiger partial charge in [0.05, 0.1) is 6.10 Å². The lowest BCUT2D eigenvalue weighted by Gasteiger charge is -2.18. The summed E-state index contributed by atoms with van der Waals surface area (Å²) in [6.07, 6.45) is 7.78. The number of imidazole rings is 1. The highest BCUT2D eigenvalue weighted by Gasteiger charge is 2.20. The Labute approximate surface area is 123 Å². The first-order chi connectivity index (χ1) is 9.84. The van der Waals surface area contributed by atoms with E-state index in [9.17, 15) is 0 Å². The lowest BCUT2D eigenvalue weighted by molar-refractivity contribution is 0.104. The fourth-order valence-corrected chi connectivity index (χ4v) is 3.49. The average molecular weight is 291 g/mol.